The van der Waals surface area contributed by atoms with Gasteiger partial charge in [-0.3, -0.25) is 4.79 Å². The molecule has 1 amide bonds. The summed E-state index contributed by atoms with van der Waals surface area (Å²) >= 11 is 0. The van der Waals surface area contributed by atoms with E-state index in [9.17, 15) is 14.4 Å². The molecule has 24 heavy (non-hydrogen) atoms. The molecule has 0 saturated heterocycles. The molecule has 2 aromatic rings. The number of nitrogens with one attached hydrogen (secondary N) is 2. The van der Waals surface area contributed by atoms with Crippen molar-refractivity contribution in [2.24, 2.45) is 0 Å². The highest BCUT2D eigenvalue weighted by Gasteiger charge is 2.15. The topological polar surface area (TPSA) is 95.5 Å². The largest absolute Gasteiger partial charge is 0.478 e. The number of Topliss-reactive ketones (excluding diaryl/α,β-unsaturated/α-hetero) is 1. The molecule has 2 rings (SSSR count). The molecule has 0 aliphatic carbocycles. The molecule has 0 aliphatic rings. The molecular weight excluding hydrogens is 308 g/mol. The van der Waals surface area contributed by atoms with E-state index in [1.54, 1.807) is 37.4 Å². The van der Waals surface area contributed by atoms with Gasteiger partial charge in [0.05, 0.1) is 11.1 Å². The Bertz CT molecular complexity index is 737. The van der Waals surface area contributed by atoms with E-state index in [4.69, 9.17) is 5.11 Å². The highest BCUT2D eigenvalue weighted by Crippen LogP contribution is 2.17. The quantitative estimate of drug-likeness (QED) is 0.800. The van der Waals surface area contributed by atoms with Crippen LogP contribution in [0.25, 0.3) is 0 Å². The van der Waals surface area contributed by atoms with E-state index in [2.05, 4.69) is 10.6 Å². The minimum atomic E-state index is -1.13. The fourth-order valence-electron chi connectivity index (χ4n) is 1.82. The summed E-state index contributed by atoms with van der Waals surface area (Å²) in [7, 11) is 1.78. The zero-order valence-corrected chi connectivity index (χ0v) is 13.8. The van der Waals surface area contributed by atoms with Gasteiger partial charge in [0.2, 0.25) is 0 Å². The van der Waals surface area contributed by atoms with Crippen molar-refractivity contribution in [3.63, 3.8) is 0 Å². The second-order valence-corrected chi connectivity index (χ2v) is 5.04. The Hall–Kier alpha value is -3.15. The first kappa shape index (κ1) is 18.9. The van der Waals surface area contributed by atoms with Crippen LogP contribution in [0, 0.1) is 0 Å². The predicted octanol–water partition coefficient (Wildman–Crippen LogP) is 3.27. The third-order valence-electron chi connectivity index (χ3n) is 2.81. The summed E-state index contributed by atoms with van der Waals surface area (Å²) in [6.07, 6.45) is 0. The lowest BCUT2D eigenvalue weighted by Gasteiger charge is -2.09. The van der Waals surface area contributed by atoms with Crippen LogP contribution in [0.2, 0.25) is 0 Å². The van der Waals surface area contributed by atoms with Crippen molar-refractivity contribution in [2.45, 2.75) is 13.8 Å². The maximum absolute atomic E-state index is 12.1. The van der Waals surface area contributed by atoms with Gasteiger partial charge in [-0.15, -0.1) is 0 Å². The maximum Gasteiger partial charge on any atom is 0.336 e. The lowest BCUT2D eigenvalue weighted by Crippen LogP contribution is -2.16. The molecule has 6 nitrogen and oxygen atoms in total. The Kier molecular flexibility index (Phi) is 7.16. The summed E-state index contributed by atoms with van der Waals surface area (Å²) in [6, 6.07) is 13.3. The van der Waals surface area contributed by atoms with Crippen molar-refractivity contribution in [1.29, 1.82) is 0 Å². The SMILES string of the molecule is CC(C)=O.CNc1cccc(NC(=O)c2ccccc2C(=O)O)c1. The summed E-state index contributed by atoms with van der Waals surface area (Å²) in [5.74, 6) is -1.41. The number of ketones is 1. The Balaban J connectivity index is 0.000000648. The van der Waals surface area contributed by atoms with Crippen molar-refractivity contribution in [2.75, 3.05) is 17.7 Å². The van der Waals surface area contributed by atoms with E-state index in [1.165, 1.54) is 26.0 Å². The molecule has 0 bridgehead atoms. The van der Waals surface area contributed by atoms with Crippen LogP contribution in [0.4, 0.5) is 11.4 Å². The molecule has 0 spiro atoms. The van der Waals surface area contributed by atoms with Crippen LogP contribution >= 0.6 is 0 Å². The number of rotatable bonds is 4. The minimum Gasteiger partial charge on any atom is -0.478 e. The molecule has 3 N–H and O–H groups in total. The van der Waals surface area contributed by atoms with Gasteiger partial charge < -0.3 is 20.5 Å². The number of anilines is 2. The third kappa shape index (κ3) is 5.92. The molecule has 0 heterocycles. The molecule has 0 aromatic heterocycles. The molecule has 0 unspecified atom stereocenters. The van der Waals surface area contributed by atoms with E-state index in [0.717, 1.165) is 5.69 Å². The first-order chi connectivity index (χ1) is 11.3. The Morgan fingerprint density at radius 2 is 1.42 bits per heavy atom. The number of carboxylic acids is 1. The van der Waals surface area contributed by atoms with Crippen LogP contribution in [0.1, 0.15) is 34.6 Å². The second kappa shape index (κ2) is 9.09. The van der Waals surface area contributed by atoms with Crippen LogP contribution in [0.5, 0.6) is 0 Å². The zero-order valence-electron chi connectivity index (χ0n) is 13.8. The number of hydrogen-bond donors (Lipinski definition) is 3. The monoisotopic (exact) mass is 328 g/mol. The van der Waals surface area contributed by atoms with Crippen molar-refractivity contribution < 1.29 is 19.5 Å². The number of aromatic carboxylic acids is 1. The van der Waals surface area contributed by atoms with Gasteiger partial charge in [0.1, 0.15) is 5.78 Å². The first-order valence-corrected chi connectivity index (χ1v) is 7.23. The lowest BCUT2D eigenvalue weighted by molar-refractivity contribution is -0.115. The molecule has 2 aromatic carbocycles. The summed E-state index contributed by atoms with van der Waals surface area (Å²) in [5, 5.41) is 14.7. The fraction of sp³-hybridized carbons (Fsp3) is 0.167. The molecule has 0 atom stereocenters. The van der Waals surface area contributed by atoms with Gasteiger partial charge in [-0.25, -0.2) is 4.79 Å². The number of hydrogen-bond acceptors (Lipinski definition) is 4. The standard InChI is InChI=1S/C15H14N2O3.C3H6O/c1-16-10-5-4-6-11(9-10)17-14(18)12-7-2-3-8-13(12)15(19)20;1-3(2)4/h2-9,16H,1H3,(H,17,18)(H,19,20);1-2H3. The van der Waals surface area contributed by atoms with E-state index in [1.807, 2.05) is 6.07 Å². The average molecular weight is 328 g/mol. The van der Waals surface area contributed by atoms with Crippen molar-refractivity contribution >= 4 is 29.0 Å². The Morgan fingerprint density at radius 3 is 1.96 bits per heavy atom. The van der Waals surface area contributed by atoms with Gasteiger partial charge in [-0.05, 0) is 44.2 Å². The van der Waals surface area contributed by atoms with Gasteiger partial charge >= 0.3 is 5.97 Å². The summed E-state index contributed by atoms with van der Waals surface area (Å²) in [6.45, 7) is 3.06. The highest BCUT2D eigenvalue weighted by molar-refractivity contribution is 6.10. The Labute approximate surface area is 140 Å². The van der Waals surface area contributed by atoms with Gasteiger partial charge in [-0.2, -0.15) is 0 Å². The van der Waals surface area contributed by atoms with E-state index in [0.29, 0.717) is 5.69 Å². The van der Waals surface area contributed by atoms with E-state index < -0.39 is 11.9 Å². The van der Waals surface area contributed by atoms with Gasteiger partial charge in [0.25, 0.3) is 5.91 Å². The smallest absolute Gasteiger partial charge is 0.336 e. The summed E-state index contributed by atoms with van der Waals surface area (Å²) in [4.78, 5) is 32.7. The zero-order chi connectivity index (χ0) is 18.1. The number of carboxylic acid groups (broad SMARTS) is 1. The van der Waals surface area contributed by atoms with Crippen LogP contribution in [-0.4, -0.2) is 29.8 Å². The van der Waals surface area contributed by atoms with Gasteiger partial charge in [-0.1, -0.05) is 18.2 Å². The molecule has 0 saturated carbocycles. The average Bonchev–Trinajstić information content (AvgIpc) is 2.54. The minimum absolute atomic E-state index is 0.0187. The fourth-order valence-corrected chi connectivity index (χ4v) is 1.82. The second-order valence-electron chi connectivity index (χ2n) is 5.04. The third-order valence-corrected chi connectivity index (χ3v) is 2.81. The first-order valence-electron chi connectivity index (χ1n) is 7.23. The van der Waals surface area contributed by atoms with Crippen molar-refractivity contribution in [1.82, 2.24) is 0 Å². The number of benzene rings is 2. The van der Waals surface area contributed by atoms with E-state index in [-0.39, 0.29) is 16.9 Å². The van der Waals surface area contributed by atoms with Crippen LogP contribution in [-0.2, 0) is 4.79 Å². The van der Waals surface area contributed by atoms with Gasteiger partial charge in [0, 0.05) is 18.4 Å². The normalized spacial score (nSPS) is 9.29. The molecule has 126 valence electrons. The van der Waals surface area contributed by atoms with Crippen molar-refractivity contribution in [3.05, 3.63) is 59.7 Å². The number of amides is 1. The van der Waals surface area contributed by atoms with Crippen LogP contribution in [0.3, 0.4) is 0 Å². The number of carbonyl (C=O) groups excluding carboxylic acids is 2. The Morgan fingerprint density at radius 1 is 0.875 bits per heavy atom. The highest BCUT2D eigenvalue weighted by atomic mass is 16.4. The van der Waals surface area contributed by atoms with Crippen LogP contribution in [0.15, 0.2) is 48.5 Å². The molecular formula is C18H20N2O4. The number of carbonyl (C=O) groups is 3. The van der Waals surface area contributed by atoms with Gasteiger partial charge in [0.15, 0.2) is 0 Å². The van der Waals surface area contributed by atoms with Crippen LogP contribution < -0.4 is 10.6 Å². The summed E-state index contributed by atoms with van der Waals surface area (Å²) in [5.41, 5.74) is 1.57. The maximum atomic E-state index is 12.1. The van der Waals surface area contributed by atoms with E-state index >= 15 is 0 Å². The molecule has 6 heteroatoms. The molecule has 0 radical (unpaired) electrons. The molecule has 0 aliphatic heterocycles. The predicted molar refractivity (Wildman–Crippen MR) is 93.7 cm³/mol. The summed E-state index contributed by atoms with van der Waals surface area (Å²) < 4.78 is 0. The molecule has 0 fully saturated rings. The lowest BCUT2D eigenvalue weighted by atomic mass is 10.1. The van der Waals surface area contributed by atoms with Crippen molar-refractivity contribution in [3.8, 4) is 0 Å².